The van der Waals surface area contributed by atoms with Gasteiger partial charge in [-0.3, -0.25) is 14.4 Å². The Labute approximate surface area is 186 Å². The molecule has 3 unspecified atom stereocenters. The average Bonchev–Trinajstić information content (AvgIpc) is 2.75. The van der Waals surface area contributed by atoms with Gasteiger partial charge in [-0.15, -0.1) is 0 Å². The van der Waals surface area contributed by atoms with E-state index in [0.717, 1.165) is 7.11 Å². The maximum atomic E-state index is 13.4. The normalized spacial score (nSPS) is 31.0. The highest BCUT2D eigenvalue weighted by molar-refractivity contribution is 6.24. The van der Waals surface area contributed by atoms with Gasteiger partial charge in [0, 0.05) is 23.8 Å². The minimum Gasteiger partial charge on any atom is -0.511 e. The van der Waals surface area contributed by atoms with Gasteiger partial charge in [0.05, 0.1) is 18.8 Å². The smallest absolute Gasteiger partial charge is 0.341 e. The van der Waals surface area contributed by atoms with E-state index in [-0.39, 0.29) is 16.7 Å². The lowest BCUT2D eigenvalue weighted by Crippen LogP contribution is -2.62. The van der Waals surface area contributed by atoms with E-state index in [9.17, 15) is 44.7 Å². The molecule has 33 heavy (non-hydrogen) atoms. The second kappa shape index (κ2) is 7.15. The summed E-state index contributed by atoms with van der Waals surface area (Å²) in [6, 6.07) is 2.65. The van der Waals surface area contributed by atoms with Crippen molar-refractivity contribution >= 4 is 23.4 Å². The highest BCUT2D eigenvalue weighted by Gasteiger charge is 2.64. The van der Waals surface area contributed by atoms with Gasteiger partial charge < -0.3 is 36.0 Å². The standard InChI is InChI=1S/C22H21NO10/c1-6-7-3-4-8(21(31)33-2)15(25)12(7)17(27)14-11(6)16(26)9-5-10(24)13(20(23)30)18(28)22(9,32)19(14)29/h3-4,6,9,11,16,24-26,29,32H,5H2,1-2H3,(H2,23,30)/t6-,9?,11?,16+,22?/m0/s1. The van der Waals surface area contributed by atoms with Gasteiger partial charge in [-0.1, -0.05) is 13.0 Å². The van der Waals surface area contributed by atoms with Gasteiger partial charge in [-0.05, 0) is 17.5 Å². The SMILES string of the molecule is COC(=O)c1ccc2c(c1O)C(=O)C1=C(O)C3(O)C(=O)C(C(N)=O)=C(O)CC3[C@@H](O)C1[C@H]2C. The highest BCUT2D eigenvalue weighted by Crippen LogP contribution is 2.55. The van der Waals surface area contributed by atoms with E-state index in [0.29, 0.717) is 0 Å². The second-order valence-corrected chi connectivity index (χ2v) is 8.41. The number of nitrogens with two attached hydrogens (primary N) is 1. The van der Waals surface area contributed by atoms with E-state index in [1.807, 2.05) is 0 Å². The molecule has 5 atom stereocenters. The molecular formula is C22H21NO10. The van der Waals surface area contributed by atoms with Gasteiger partial charge in [0.2, 0.25) is 5.78 Å². The van der Waals surface area contributed by atoms with Crippen LogP contribution in [0.5, 0.6) is 5.75 Å². The molecule has 0 spiro atoms. The lowest BCUT2D eigenvalue weighted by Gasteiger charge is -2.50. The molecule has 11 heteroatoms. The van der Waals surface area contributed by atoms with E-state index in [1.165, 1.54) is 12.1 Å². The van der Waals surface area contributed by atoms with Crippen molar-refractivity contribution in [2.24, 2.45) is 17.6 Å². The number of aliphatic hydroxyl groups is 4. The number of ether oxygens (including phenoxy) is 1. The molecule has 174 valence electrons. The first-order valence-electron chi connectivity index (χ1n) is 9.99. The topological polar surface area (TPSA) is 205 Å². The zero-order chi connectivity index (χ0) is 24.6. The zero-order valence-electron chi connectivity index (χ0n) is 17.5. The number of carbonyl (C=O) groups is 4. The van der Waals surface area contributed by atoms with Crippen molar-refractivity contribution in [2.45, 2.75) is 31.0 Å². The van der Waals surface area contributed by atoms with Crippen LogP contribution in [-0.2, 0) is 14.3 Å². The lowest BCUT2D eigenvalue weighted by molar-refractivity contribution is -0.154. The Balaban J connectivity index is 1.99. The molecule has 0 aliphatic heterocycles. The number of benzene rings is 1. The maximum absolute atomic E-state index is 13.4. The Morgan fingerprint density at radius 1 is 1.18 bits per heavy atom. The van der Waals surface area contributed by atoms with Crippen molar-refractivity contribution in [3.8, 4) is 5.75 Å². The Morgan fingerprint density at radius 3 is 2.39 bits per heavy atom. The van der Waals surface area contributed by atoms with E-state index < -0.39 is 87.7 Å². The number of esters is 1. The largest absolute Gasteiger partial charge is 0.511 e. The third kappa shape index (κ3) is 2.69. The second-order valence-electron chi connectivity index (χ2n) is 8.41. The highest BCUT2D eigenvalue weighted by atomic mass is 16.5. The fraction of sp³-hybridized carbons (Fsp3) is 0.364. The molecule has 0 bridgehead atoms. The van der Waals surface area contributed by atoms with E-state index >= 15 is 0 Å². The Hall–Kier alpha value is -3.70. The number of methoxy groups -OCH3 is 1. The number of allylic oxidation sites excluding steroid dienone is 1. The molecule has 1 aromatic carbocycles. The number of fused-ring (bicyclic) bond motifs is 3. The molecule has 11 nitrogen and oxygen atoms in total. The van der Waals surface area contributed by atoms with Gasteiger partial charge in [0.25, 0.3) is 5.91 Å². The number of ketones is 2. The van der Waals surface area contributed by atoms with Crippen LogP contribution in [0.25, 0.3) is 0 Å². The number of hydrogen-bond donors (Lipinski definition) is 6. The van der Waals surface area contributed by atoms with Crippen molar-refractivity contribution in [1.29, 1.82) is 0 Å². The number of phenolic OH excluding ortho intramolecular Hbond substituents is 1. The summed E-state index contributed by atoms with van der Waals surface area (Å²) in [6.07, 6.45) is -2.17. The zero-order valence-corrected chi connectivity index (χ0v) is 17.5. The molecule has 0 radical (unpaired) electrons. The first kappa shape index (κ1) is 22.5. The molecule has 0 saturated carbocycles. The van der Waals surface area contributed by atoms with Gasteiger partial charge in [0.15, 0.2) is 11.4 Å². The average molecular weight is 459 g/mol. The number of aliphatic hydroxyl groups excluding tert-OH is 3. The van der Waals surface area contributed by atoms with Crippen LogP contribution in [0.1, 0.15) is 45.5 Å². The predicted molar refractivity (Wildman–Crippen MR) is 108 cm³/mol. The van der Waals surface area contributed by atoms with Crippen LogP contribution < -0.4 is 5.73 Å². The van der Waals surface area contributed by atoms with E-state index in [2.05, 4.69) is 4.74 Å². The fourth-order valence-electron chi connectivity index (χ4n) is 5.27. The number of rotatable bonds is 2. The predicted octanol–water partition coefficient (Wildman–Crippen LogP) is -0.101. The van der Waals surface area contributed by atoms with Crippen LogP contribution in [0.3, 0.4) is 0 Å². The van der Waals surface area contributed by atoms with Crippen LogP contribution in [0, 0.1) is 11.8 Å². The summed E-state index contributed by atoms with van der Waals surface area (Å²) < 4.78 is 4.59. The minimum atomic E-state index is -2.91. The Bertz CT molecular complexity index is 1210. The number of primary amides is 1. The quantitative estimate of drug-likeness (QED) is 0.256. The van der Waals surface area contributed by atoms with E-state index in [1.54, 1.807) is 6.92 Å². The molecule has 3 aliphatic carbocycles. The molecule has 0 fully saturated rings. The Morgan fingerprint density at radius 2 is 1.82 bits per heavy atom. The van der Waals surface area contributed by atoms with Crippen molar-refractivity contribution < 1.29 is 49.4 Å². The summed E-state index contributed by atoms with van der Waals surface area (Å²) >= 11 is 0. The lowest BCUT2D eigenvalue weighted by atomic mass is 9.56. The summed E-state index contributed by atoms with van der Waals surface area (Å²) in [6.45, 7) is 1.59. The Kier molecular flexibility index (Phi) is 4.88. The fourth-order valence-corrected chi connectivity index (χ4v) is 5.27. The first-order valence-corrected chi connectivity index (χ1v) is 9.99. The minimum absolute atomic E-state index is 0.260. The summed E-state index contributed by atoms with van der Waals surface area (Å²) in [4.78, 5) is 50.0. The van der Waals surface area contributed by atoms with Crippen LogP contribution >= 0.6 is 0 Å². The monoisotopic (exact) mass is 459 g/mol. The molecule has 4 rings (SSSR count). The number of carbonyl (C=O) groups excluding carboxylic acids is 4. The molecule has 7 N–H and O–H groups in total. The summed E-state index contributed by atoms with van der Waals surface area (Å²) in [7, 11) is 1.08. The third-order valence-corrected chi connectivity index (χ3v) is 6.90. The number of Topliss-reactive ketones (excluding diaryl/α,β-unsaturated/α-hetero) is 2. The molecule has 1 aromatic rings. The van der Waals surface area contributed by atoms with Crippen LogP contribution in [0.2, 0.25) is 0 Å². The van der Waals surface area contributed by atoms with E-state index in [4.69, 9.17) is 5.73 Å². The number of aromatic hydroxyl groups is 1. The molecule has 3 aliphatic rings. The molecule has 0 saturated heterocycles. The van der Waals surface area contributed by atoms with Gasteiger partial charge in [0.1, 0.15) is 28.4 Å². The first-order chi connectivity index (χ1) is 15.4. The van der Waals surface area contributed by atoms with Gasteiger partial charge in [-0.25, -0.2) is 4.79 Å². The summed E-state index contributed by atoms with van der Waals surface area (Å²) in [5, 5.41) is 54.2. The third-order valence-electron chi connectivity index (χ3n) is 6.90. The van der Waals surface area contributed by atoms with Crippen LogP contribution in [0.4, 0.5) is 0 Å². The maximum Gasteiger partial charge on any atom is 0.341 e. The molecule has 1 amide bonds. The van der Waals surface area contributed by atoms with Crippen LogP contribution in [0.15, 0.2) is 34.8 Å². The van der Waals surface area contributed by atoms with Gasteiger partial charge in [-0.2, -0.15) is 0 Å². The number of amides is 1. The number of phenols is 1. The van der Waals surface area contributed by atoms with Crippen LogP contribution in [-0.4, -0.2) is 67.8 Å². The molecular weight excluding hydrogens is 438 g/mol. The van der Waals surface area contributed by atoms with Gasteiger partial charge >= 0.3 is 5.97 Å². The van der Waals surface area contributed by atoms with Crippen molar-refractivity contribution in [3.63, 3.8) is 0 Å². The summed E-state index contributed by atoms with van der Waals surface area (Å²) in [5.74, 6) is -10.7. The van der Waals surface area contributed by atoms with Crippen molar-refractivity contribution in [2.75, 3.05) is 7.11 Å². The summed E-state index contributed by atoms with van der Waals surface area (Å²) in [5.41, 5.74) is 0.325. The number of hydrogen-bond acceptors (Lipinski definition) is 10. The molecule has 0 aromatic heterocycles. The van der Waals surface area contributed by atoms with Crippen molar-refractivity contribution in [3.05, 3.63) is 51.5 Å². The molecule has 0 heterocycles. The van der Waals surface area contributed by atoms with Crippen molar-refractivity contribution in [1.82, 2.24) is 0 Å².